The Morgan fingerprint density at radius 2 is 2.11 bits per heavy atom. The highest BCUT2D eigenvalue weighted by Crippen LogP contribution is 2.29. The largest absolute Gasteiger partial charge is 0.481 e. The Labute approximate surface area is 112 Å². The summed E-state index contributed by atoms with van der Waals surface area (Å²) in [5.74, 6) is -0.443. The number of aryl methyl sites for hydroxylation is 1. The summed E-state index contributed by atoms with van der Waals surface area (Å²) in [6.45, 7) is 0. The second-order valence-electron chi connectivity index (χ2n) is 3.52. The molecule has 2 rings (SSSR count). The summed E-state index contributed by atoms with van der Waals surface area (Å²) in [6, 6.07) is 4.88. The average Bonchev–Trinajstić information content (AvgIpc) is 2.78. The number of benzene rings is 1. The number of aromatic nitrogens is 2. The molecule has 1 N–H and O–H groups in total. The van der Waals surface area contributed by atoms with Crippen molar-refractivity contribution < 1.29 is 14.3 Å². The van der Waals surface area contributed by atoms with Crippen molar-refractivity contribution >= 4 is 29.2 Å². The summed E-state index contributed by atoms with van der Waals surface area (Å²) in [7, 11) is 0. The predicted octanol–water partition coefficient (Wildman–Crippen LogP) is 3.06. The molecule has 0 saturated heterocycles. The maximum absolute atomic E-state index is 10.4. The average molecular weight is 287 g/mol. The monoisotopic (exact) mass is 286 g/mol. The summed E-state index contributed by atoms with van der Waals surface area (Å²) in [5, 5.41) is 17.1. The Hall–Kier alpha value is -1.59. The maximum atomic E-state index is 10.4. The lowest BCUT2D eigenvalue weighted by Gasteiger charge is -1.98. The smallest absolute Gasteiger partial charge is 0.303 e. The number of nitrogens with zero attached hydrogens (tertiary/aromatic N) is 2. The third-order valence-corrected chi connectivity index (χ3v) is 2.74. The quantitative estimate of drug-likeness (QED) is 0.935. The molecule has 0 bridgehead atoms. The highest BCUT2D eigenvalue weighted by atomic mass is 35.5. The zero-order valence-electron chi connectivity index (χ0n) is 9.06. The number of hydrogen-bond donors (Lipinski definition) is 1. The SMILES string of the molecule is O=C(O)CCc1nnc(-c2cc(Cl)ccc2Cl)o1. The first-order chi connectivity index (χ1) is 8.56. The Bertz CT molecular complexity index is 583. The molecule has 0 atom stereocenters. The molecule has 5 nitrogen and oxygen atoms in total. The van der Waals surface area contributed by atoms with Gasteiger partial charge < -0.3 is 9.52 Å². The molecule has 0 aliphatic carbocycles. The summed E-state index contributed by atoms with van der Waals surface area (Å²) in [6.07, 6.45) is 0.116. The van der Waals surface area contributed by atoms with E-state index in [1.807, 2.05) is 0 Å². The van der Waals surface area contributed by atoms with E-state index < -0.39 is 5.97 Å². The fraction of sp³-hybridized carbons (Fsp3) is 0.182. The topological polar surface area (TPSA) is 76.2 Å². The van der Waals surface area contributed by atoms with E-state index in [0.717, 1.165) is 0 Å². The predicted molar refractivity (Wildman–Crippen MR) is 65.7 cm³/mol. The fourth-order valence-electron chi connectivity index (χ4n) is 1.34. The second-order valence-corrected chi connectivity index (χ2v) is 4.36. The summed E-state index contributed by atoms with van der Waals surface area (Å²) in [5.41, 5.74) is 0.526. The molecule has 0 saturated carbocycles. The number of carboxylic acids is 1. The number of hydrogen-bond acceptors (Lipinski definition) is 4. The van der Waals surface area contributed by atoms with Crippen LogP contribution in [0.2, 0.25) is 10.0 Å². The number of carbonyl (C=O) groups is 1. The first-order valence-electron chi connectivity index (χ1n) is 5.06. The molecule has 0 aliphatic rings. The molecule has 0 aliphatic heterocycles. The van der Waals surface area contributed by atoms with E-state index in [9.17, 15) is 4.79 Å². The van der Waals surface area contributed by atoms with Gasteiger partial charge in [-0.3, -0.25) is 4.79 Å². The second kappa shape index (κ2) is 5.37. The summed E-state index contributed by atoms with van der Waals surface area (Å²) < 4.78 is 5.33. The molecule has 0 radical (unpaired) electrons. The van der Waals surface area contributed by atoms with E-state index in [-0.39, 0.29) is 24.6 Å². The van der Waals surface area contributed by atoms with E-state index in [0.29, 0.717) is 15.6 Å². The van der Waals surface area contributed by atoms with E-state index in [4.69, 9.17) is 32.7 Å². The lowest BCUT2D eigenvalue weighted by molar-refractivity contribution is -0.137. The first-order valence-corrected chi connectivity index (χ1v) is 5.81. The van der Waals surface area contributed by atoms with Crippen molar-refractivity contribution in [3.8, 4) is 11.5 Å². The maximum Gasteiger partial charge on any atom is 0.303 e. The Kier molecular flexibility index (Phi) is 3.84. The van der Waals surface area contributed by atoms with Crippen molar-refractivity contribution in [3.05, 3.63) is 34.1 Å². The molecule has 0 amide bonds. The van der Waals surface area contributed by atoms with Crippen molar-refractivity contribution in [2.24, 2.45) is 0 Å². The van der Waals surface area contributed by atoms with Gasteiger partial charge in [-0.15, -0.1) is 10.2 Å². The van der Waals surface area contributed by atoms with Gasteiger partial charge in [0.15, 0.2) is 0 Å². The van der Waals surface area contributed by atoms with Crippen LogP contribution in [0.5, 0.6) is 0 Å². The summed E-state index contributed by atoms with van der Waals surface area (Å²) in [4.78, 5) is 10.4. The van der Waals surface area contributed by atoms with Gasteiger partial charge in [0, 0.05) is 11.4 Å². The zero-order chi connectivity index (χ0) is 13.1. The van der Waals surface area contributed by atoms with Crippen molar-refractivity contribution in [2.75, 3.05) is 0 Å². The van der Waals surface area contributed by atoms with Gasteiger partial charge in [0.2, 0.25) is 11.8 Å². The van der Waals surface area contributed by atoms with Crippen molar-refractivity contribution in [3.63, 3.8) is 0 Å². The Morgan fingerprint density at radius 1 is 1.33 bits per heavy atom. The molecule has 18 heavy (non-hydrogen) atoms. The van der Waals surface area contributed by atoms with E-state index in [1.54, 1.807) is 18.2 Å². The molecule has 0 unspecified atom stereocenters. The minimum atomic E-state index is -0.921. The molecule has 2 aromatic rings. The van der Waals surface area contributed by atoms with Crippen LogP contribution in [0.25, 0.3) is 11.5 Å². The van der Waals surface area contributed by atoms with Gasteiger partial charge in [0.1, 0.15) is 0 Å². The van der Waals surface area contributed by atoms with Crippen LogP contribution in [0.1, 0.15) is 12.3 Å². The van der Waals surface area contributed by atoms with Crippen LogP contribution in [0, 0.1) is 0 Å². The van der Waals surface area contributed by atoms with Gasteiger partial charge in [-0.1, -0.05) is 23.2 Å². The van der Waals surface area contributed by atoms with E-state index in [1.165, 1.54) is 0 Å². The van der Waals surface area contributed by atoms with Gasteiger partial charge >= 0.3 is 5.97 Å². The lowest BCUT2D eigenvalue weighted by Crippen LogP contribution is -1.97. The molecule has 1 heterocycles. The van der Waals surface area contributed by atoms with Crippen LogP contribution >= 0.6 is 23.2 Å². The van der Waals surface area contributed by atoms with Crippen molar-refractivity contribution in [2.45, 2.75) is 12.8 Å². The molecule has 94 valence electrons. The van der Waals surface area contributed by atoms with Crippen LogP contribution in [-0.2, 0) is 11.2 Å². The number of rotatable bonds is 4. The van der Waals surface area contributed by atoms with Crippen LogP contribution in [0.15, 0.2) is 22.6 Å². The molecule has 0 spiro atoms. The van der Waals surface area contributed by atoms with Gasteiger partial charge in [0.25, 0.3) is 0 Å². The number of halogens is 2. The first kappa shape index (κ1) is 12.9. The van der Waals surface area contributed by atoms with Crippen LogP contribution in [0.4, 0.5) is 0 Å². The Morgan fingerprint density at radius 3 is 2.83 bits per heavy atom. The third kappa shape index (κ3) is 3.00. The minimum Gasteiger partial charge on any atom is -0.481 e. The van der Waals surface area contributed by atoms with Crippen LogP contribution in [-0.4, -0.2) is 21.3 Å². The van der Waals surface area contributed by atoms with E-state index in [2.05, 4.69) is 10.2 Å². The van der Waals surface area contributed by atoms with Gasteiger partial charge in [-0.25, -0.2) is 0 Å². The number of carboxylic acid groups (broad SMARTS) is 1. The summed E-state index contributed by atoms with van der Waals surface area (Å²) >= 11 is 11.8. The van der Waals surface area contributed by atoms with Crippen molar-refractivity contribution in [1.82, 2.24) is 10.2 Å². The molecule has 1 aromatic heterocycles. The van der Waals surface area contributed by atoms with Gasteiger partial charge in [0.05, 0.1) is 17.0 Å². The Balaban J connectivity index is 2.23. The highest BCUT2D eigenvalue weighted by molar-refractivity contribution is 6.35. The minimum absolute atomic E-state index is 0.0646. The fourth-order valence-corrected chi connectivity index (χ4v) is 1.71. The zero-order valence-corrected chi connectivity index (χ0v) is 10.6. The molecular weight excluding hydrogens is 279 g/mol. The molecule has 1 aromatic carbocycles. The van der Waals surface area contributed by atoms with Gasteiger partial charge in [-0.05, 0) is 18.2 Å². The molecule has 0 fully saturated rings. The van der Waals surface area contributed by atoms with Crippen LogP contribution < -0.4 is 0 Å². The molecule has 7 heteroatoms. The number of aliphatic carboxylic acids is 1. The highest BCUT2D eigenvalue weighted by Gasteiger charge is 2.13. The standard InChI is InChI=1S/C11H8Cl2N2O3/c12-6-1-2-8(13)7(5-6)11-15-14-9(18-11)3-4-10(16)17/h1-2,5H,3-4H2,(H,16,17). The van der Waals surface area contributed by atoms with Crippen LogP contribution in [0.3, 0.4) is 0 Å². The van der Waals surface area contributed by atoms with Crippen molar-refractivity contribution in [1.29, 1.82) is 0 Å². The van der Waals surface area contributed by atoms with Gasteiger partial charge in [-0.2, -0.15) is 0 Å². The lowest BCUT2D eigenvalue weighted by atomic mass is 10.2. The van der Waals surface area contributed by atoms with E-state index >= 15 is 0 Å². The third-order valence-electron chi connectivity index (χ3n) is 2.18. The molecular formula is C11H8Cl2N2O3. The normalized spacial score (nSPS) is 10.6.